The zero-order valence-electron chi connectivity index (χ0n) is 19.4. The van der Waals surface area contributed by atoms with Crippen LogP contribution in [0.4, 0.5) is 17.1 Å². The van der Waals surface area contributed by atoms with E-state index in [0.29, 0.717) is 16.7 Å². The zero-order chi connectivity index (χ0) is 26.1. The van der Waals surface area contributed by atoms with E-state index in [-0.39, 0.29) is 34.1 Å². The summed E-state index contributed by atoms with van der Waals surface area (Å²) in [7, 11) is 0. The number of nitroso groups, excluding NO2 is 2. The van der Waals surface area contributed by atoms with Crippen molar-refractivity contribution in [3.8, 4) is 17.1 Å². The van der Waals surface area contributed by atoms with Gasteiger partial charge in [-0.3, -0.25) is 10.7 Å². The van der Waals surface area contributed by atoms with Gasteiger partial charge in [0.1, 0.15) is 11.4 Å². The fraction of sp³-hybridized carbons (Fsp3) is 0.125. The summed E-state index contributed by atoms with van der Waals surface area (Å²) in [4.78, 5) is 63.3. The van der Waals surface area contributed by atoms with Crippen LogP contribution in [0.25, 0.3) is 17.1 Å². The number of aryl methyl sites for hydroxylation is 3. The Morgan fingerprint density at radius 3 is 1.33 bits per heavy atom. The minimum Gasteiger partial charge on any atom is -0.291 e. The third kappa shape index (κ3) is 3.95. The van der Waals surface area contributed by atoms with Crippen molar-refractivity contribution in [1.29, 1.82) is 0 Å². The van der Waals surface area contributed by atoms with Crippen LogP contribution in [-0.2, 0) is 0 Å². The van der Waals surface area contributed by atoms with Crippen molar-refractivity contribution < 1.29 is 5.21 Å². The third-order valence-electron chi connectivity index (χ3n) is 5.85. The second-order valence-electron chi connectivity index (χ2n) is 8.09. The number of hydrogen-bond donors (Lipinski definition) is 2. The lowest BCUT2D eigenvalue weighted by molar-refractivity contribution is 0.388. The number of aromatic nitrogens is 3. The molecule has 0 aliphatic rings. The van der Waals surface area contributed by atoms with Gasteiger partial charge in [0.2, 0.25) is 0 Å². The number of nitrogens with zero attached hydrogens (tertiary/aromatic N) is 5. The Labute approximate surface area is 202 Å². The maximum Gasteiger partial charge on any atom is 0.345 e. The van der Waals surface area contributed by atoms with Crippen LogP contribution in [0.15, 0.2) is 79.3 Å². The molecule has 1 heterocycles. The van der Waals surface area contributed by atoms with E-state index in [4.69, 9.17) is 0 Å². The molecule has 0 aliphatic heterocycles. The van der Waals surface area contributed by atoms with Crippen molar-refractivity contribution in [2.24, 2.45) is 10.4 Å². The van der Waals surface area contributed by atoms with Gasteiger partial charge >= 0.3 is 17.1 Å². The topological polar surface area (TPSA) is 157 Å². The number of rotatable bonds is 6. The maximum atomic E-state index is 13.6. The van der Waals surface area contributed by atoms with Crippen LogP contribution in [0.1, 0.15) is 16.7 Å². The average Bonchev–Trinajstić information content (AvgIpc) is 2.86. The highest BCUT2D eigenvalue weighted by Crippen LogP contribution is 2.23. The highest BCUT2D eigenvalue weighted by molar-refractivity contribution is 5.57. The Kier molecular flexibility index (Phi) is 6.27. The molecule has 3 aromatic carbocycles. The van der Waals surface area contributed by atoms with Gasteiger partial charge in [-0.1, -0.05) is 18.2 Å². The molecular formula is C24H20N6O6. The molecule has 0 unspecified atom stereocenters. The molecule has 0 saturated carbocycles. The van der Waals surface area contributed by atoms with Gasteiger partial charge < -0.3 is 0 Å². The number of nitrogens with one attached hydrogen (secondary N) is 1. The van der Waals surface area contributed by atoms with E-state index in [9.17, 15) is 29.4 Å². The van der Waals surface area contributed by atoms with Gasteiger partial charge in [0.15, 0.2) is 0 Å². The Bertz CT molecular complexity index is 1620. The van der Waals surface area contributed by atoms with E-state index in [1.807, 2.05) is 5.48 Å². The lowest BCUT2D eigenvalue weighted by atomic mass is 10.1. The van der Waals surface area contributed by atoms with Crippen LogP contribution in [0.2, 0.25) is 0 Å². The van der Waals surface area contributed by atoms with E-state index in [2.05, 4.69) is 10.4 Å². The first-order valence-corrected chi connectivity index (χ1v) is 10.6. The molecule has 0 aliphatic carbocycles. The molecular weight excluding hydrogens is 468 g/mol. The summed E-state index contributed by atoms with van der Waals surface area (Å²) in [6.07, 6.45) is 0. The van der Waals surface area contributed by atoms with Gasteiger partial charge in [0.25, 0.3) is 0 Å². The third-order valence-corrected chi connectivity index (χ3v) is 5.85. The van der Waals surface area contributed by atoms with Crippen LogP contribution in [0.5, 0.6) is 0 Å². The van der Waals surface area contributed by atoms with Crippen molar-refractivity contribution in [2.45, 2.75) is 20.8 Å². The second-order valence-corrected chi connectivity index (χ2v) is 8.09. The van der Waals surface area contributed by atoms with Crippen LogP contribution < -0.4 is 22.5 Å². The molecule has 0 bridgehead atoms. The van der Waals surface area contributed by atoms with Crippen LogP contribution in [-0.4, -0.2) is 18.9 Å². The molecule has 12 nitrogen and oxygen atoms in total. The summed E-state index contributed by atoms with van der Waals surface area (Å²) in [5, 5.41) is 15.3. The Morgan fingerprint density at radius 1 is 0.611 bits per heavy atom. The molecule has 1 aromatic heterocycles. The highest BCUT2D eigenvalue weighted by atomic mass is 16.5. The first kappa shape index (κ1) is 24.2. The number of hydrogen-bond acceptors (Lipinski definition) is 9. The quantitative estimate of drug-likeness (QED) is 0.310. The van der Waals surface area contributed by atoms with Crippen molar-refractivity contribution in [3.63, 3.8) is 0 Å². The van der Waals surface area contributed by atoms with Crippen LogP contribution in [0.3, 0.4) is 0 Å². The standard InChI is InChI=1S/C24H20N6O6/c1-13-4-7-16(10-19(13)25-34)28-22(31)29(17-8-5-14(2)20(11-17)26-35)24(33)30(23(28)32)18-9-6-15(3)21(12-18)27-36/h4-12,25,34H,1-3H3. The second kappa shape index (κ2) is 9.35. The van der Waals surface area contributed by atoms with Crippen LogP contribution in [0, 0.1) is 30.6 Å². The molecule has 0 atom stereocenters. The van der Waals surface area contributed by atoms with E-state index in [1.54, 1.807) is 26.8 Å². The molecule has 0 amide bonds. The highest BCUT2D eigenvalue weighted by Gasteiger charge is 2.21. The van der Waals surface area contributed by atoms with E-state index >= 15 is 0 Å². The summed E-state index contributed by atoms with van der Waals surface area (Å²) in [6.45, 7) is 4.97. The molecule has 36 heavy (non-hydrogen) atoms. The molecule has 0 spiro atoms. The Morgan fingerprint density at radius 2 is 0.972 bits per heavy atom. The molecule has 0 radical (unpaired) electrons. The monoisotopic (exact) mass is 488 g/mol. The predicted molar refractivity (Wildman–Crippen MR) is 134 cm³/mol. The fourth-order valence-corrected chi connectivity index (χ4v) is 3.75. The molecule has 12 heteroatoms. The minimum absolute atomic E-state index is 0.00108. The summed E-state index contributed by atoms with van der Waals surface area (Å²) in [5.41, 5.74) is 0.906. The smallest absolute Gasteiger partial charge is 0.291 e. The number of benzene rings is 3. The maximum absolute atomic E-state index is 13.6. The minimum atomic E-state index is -1.03. The molecule has 4 aromatic rings. The lowest BCUT2D eigenvalue weighted by Gasteiger charge is -2.16. The number of anilines is 1. The fourth-order valence-electron chi connectivity index (χ4n) is 3.75. The van der Waals surface area contributed by atoms with Gasteiger partial charge in [-0.15, -0.1) is 9.81 Å². The Balaban J connectivity index is 2.18. The molecule has 182 valence electrons. The van der Waals surface area contributed by atoms with Gasteiger partial charge in [-0.2, -0.15) is 0 Å². The SMILES string of the molecule is Cc1ccc(-n2c(=O)n(-c3ccc(C)c(N=O)c3)c(=O)n(-c3ccc(C)c(NO)c3)c2=O)cc1N=O. The average molecular weight is 488 g/mol. The van der Waals surface area contributed by atoms with Gasteiger partial charge in [-0.05, 0) is 84.2 Å². The molecule has 4 rings (SSSR count). The van der Waals surface area contributed by atoms with E-state index < -0.39 is 17.1 Å². The van der Waals surface area contributed by atoms with Gasteiger partial charge in [-0.25, -0.2) is 28.1 Å². The first-order chi connectivity index (χ1) is 17.2. The lowest BCUT2D eigenvalue weighted by Crippen LogP contribution is -2.52. The normalized spacial score (nSPS) is 10.8. The molecule has 0 saturated heterocycles. The zero-order valence-corrected chi connectivity index (χ0v) is 19.4. The largest absolute Gasteiger partial charge is 0.345 e. The first-order valence-electron chi connectivity index (χ1n) is 10.6. The summed E-state index contributed by atoms with van der Waals surface area (Å²) in [5.74, 6) is 0. The Hall–Kier alpha value is -4.97. The summed E-state index contributed by atoms with van der Waals surface area (Å²) >= 11 is 0. The van der Waals surface area contributed by atoms with Gasteiger partial charge in [0, 0.05) is 0 Å². The van der Waals surface area contributed by atoms with Crippen molar-refractivity contribution in [1.82, 2.24) is 13.7 Å². The van der Waals surface area contributed by atoms with Crippen LogP contribution >= 0.6 is 0 Å². The van der Waals surface area contributed by atoms with E-state index in [1.165, 1.54) is 48.5 Å². The summed E-state index contributed by atoms with van der Waals surface area (Å²) < 4.78 is 2.17. The summed E-state index contributed by atoms with van der Waals surface area (Å²) in [6, 6.07) is 12.8. The van der Waals surface area contributed by atoms with Crippen molar-refractivity contribution in [3.05, 3.63) is 113 Å². The van der Waals surface area contributed by atoms with Crippen molar-refractivity contribution >= 4 is 17.1 Å². The predicted octanol–water partition coefficient (Wildman–Crippen LogP) is 3.66. The van der Waals surface area contributed by atoms with Crippen molar-refractivity contribution in [2.75, 3.05) is 5.48 Å². The molecule has 2 N–H and O–H groups in total. The van der Waals surface area contributed by atoms with E-state index in [0.717, 1.165) is 13.7 Å². The molecule has 0 fully saturated rings. The van der Waals surface area contributed by atoms with Gasteiger partial charge in [0.05, 0.1) is 22.7 Å².